The van der Waals surface area contributed by atoms with Crippen LogP contribution in [-0.2, 0) is 0 Å². The molecule has 5 nitrogen and oxygen atoms in total. The van der Waals surface area contributed by atoms with Crippen LogP contribution in [0.1, 0.15) is 11.5 Å². The quantitative estimate of drug-likeness (QED) is 0.590. The molecule has 1 aromatic carbocycles. The molecule has 0 spiro atoms. The summed E-state index contributed by atoms with van der Waals surface area (Å²) in [6.45, 7) is 0. The van der Waals surface area contributed by atoms with Crippen molar-refractivity contribution < 1.29 is 0 Å². The number of fused-ring (bicyclic) bond motifs is 1. The fourth-order valence-corrected chi connectivity index (χ4v) is 3.31. The predicted molar refractivity (Wildman–Crippen MR) is 101 cm³/mol. The van der Waals surface area contributed by atoms with E-state index in [0.29, 0.717) is 27.5 Å². The van der Waals surface area contributed by atoms with Crippen LogP contribution in [-0.4, -0.2) is 19.9 Å². The minimum atomic E-state index is -0.223. The van der Waals surface area contributed by atoms with Gasteiger partial charge in [0.2, 0.25) is 0 Å². The van der Waals surface area contributed by atoms with Gasteiger partial charge in [-0.3, -0.25) is 9.78 Å². The highest BCUT2D eigenvalue weighted by Gasteiger charge is 2.09. The van der Waals surface area contributed by atoms with Crippen molar-refractivity contribution in [1.82, 2.24) is 19.9 Å². The van der Waals surface area contributed by atoms with Crippen LogP contribution >= 0.6 is 22.9 Å². The van der Waals surface area contributed by atoms with Crippen LogP contribution in [0.25, 0.3) is 32.7 Å². The molecule has 0 aliphatic carbocycles. The summed E-state index contributed by atoms with van der Waals surface area (Å²) in [6.07, 6.45) is 3.40. The van der Waals surface area contributed by atoms with Crippen LogP contribution in [0.3, 0.4) is 0 Å². The molecule has 0 fully saturated rings. The molecular formula is C18H11ClN4OS. The third-order valence-corrected chi connectivity index (χ3v) is 4.69. The van der Waals surface area contributed by atoms with E-state index in [0.717, 1.165) is 10.7 Å². The lowest BCUT2D eigenvalue weighted by Crippen LogP contribution is -2.10. The van der Waals surface area contributed by atoms with Gasteiger partial charge in [-0.1, -0.05) is 29.8 Å². The molecule has 0 aliphatic heterocycles. The summed E-state index contributed by atoms with van der Waals surface area (Å²) >= 11 is 7.82. The third-order valence-electron chi connectivity index (χ3n) is 3.52. The summed E-state index contributed by atoms with van der Waals surface area (Å²) in [5.41, 5.74) is 1.87. The van der Waals surface area contributed by atoms with E-state index < -0.39 is 0 Å². The molecule has 0 saturated heterocycles. The number of nitrogens with zero attached hydrogens (tertiary/aromatic N) is 3. The third kappa shape index (κ3) is 3.22. The summed E-state index contributed by atoms with van der Waals surface area (Å²) in [7, 11) is 0. The van der Waals surface area contributed by atoms with Crippen molar-refractivity contribution in [2.45, 2.75) is 0 Å². The van der Waals surface area contributed by atoms with Crippen molar-refractivity contribution in [2.75, 3.05) is 0 Å². The predicted octanol–water partition coefficient (Wildman–Crippen LogP) is 4.18. The van der Waals surface area contributed by atoms with Gasteiger partial charge >= 0.3 is 0 Å². The molecule has 1 N–H and O–H groups in total. The van der Waals surface area contributed by atoms with Crippen molar-refractivity contribution in [1.29, 1.82) is 0 Å². The second-order valence-electron chi connectivity index (χ2n) is 5.22. The van der Waals surface area contributed by atoms with Gasteiger partial charge in [-0.2, -0.15) is 0 Å². The minimum Gasteiger partial charge on any atom is -0.305 e. The van der Waals surface area contributed by atoms with E-state index in [2.05, 4.69) is 19.9 Å². The number of halogens is 1. The largest absolute Gasteiger partial charge is 0.305 e. The first-order chi connectivity index (χ1) is 12.2. The van der Waals surface area contributed by atoms with E-state index in [-0.39, 0.29) is 5.56 Å². The molecule has 0 unspecified atom stereocenters. The molecule has 0 atom stereocenters. The number of hydrogen-bond acceptors (Lipinski definition) is 5. The summed E-state index contributed by atoms with van der Waals surface area (Å²) in [4.78, 5) is 28.0. The second-order valence-corrected chi connectivity index (χ2v) is 6.48. The normalized spacial score (nSPS) is 11.8. The number of thiazole rings is 1. The van der Waals surface area contributed by atoms with Crippen LogP contribution in [0.2, 0.25) is 0 Å². The van der Waals surface area contributed by atoms with Crippen LogP contribution in [0, 0.1) is 0 Å². The first kappa shape index (κ1) is 15.7. The van der Waals surface area contributed by atoms with E-state index in [1.54, 1.807) is 30.5 Å². The lowest BCUT2D eigenvalue weighted by molar-refractivity contribution is 1.13. The molecule has 0 radical (unpaired) electrons. The first-order valence-corrected chi connectivity index (χ1v) is 8.70. The van der Waals surface area contributed by atoms with Gasteiger partial charge in [-0.25, -0.2) is 9.97 Å². The molecule has 0 saturated carbocycles. The Morgan fingerprint density at radius 1 is 1.12 bits per heavy atom. The number of aromatic nitrogens is 4. The molecule has 3 aromatic heterocycles. The number of benzene rings is 1. The standard InChI is InChI=1S/C18H11ClN4OS/c19-13(16-22-14-6-2-1-5-12(14)17(24)23-16)9-11-10-25-18(21-11)15-7-3-4-8-20-15/h1-10H,(H,22,23,24)/b13-9-. The number of nitrogens with one attached hydrogen (secondary N) is 1. The average molecular weight is 367 g/mol. The highest BCUT2D eigenvalue weighted by molar-refractivity contribution is 7.13. The van der Waals surface area contributed by atoms with Crippen LogP contribution in [0.15, 0.2) is 58.8 Å². The number of pyridine rings is 1. The van der Waals surface area contributed by atoms with Crippen molar-refractivity contribution >= 4 is 44.9 Å². The van der Waals surface area contributed by atoms with E-state index >= 15 is 0 Å². The molecule has 25 heavy (non-hydrogen) atoms. The second kappa shape index (κ2) is 6.58. The Hall–Kier alpha value is -2.83. The van der Waals surface area contributed by atoms with Gasteiger partial charge in [0.15, 0.2) is 5.82 Å². The Kier molecular flexibility index (Phi) is 4.13. The van der Waals surface area contributed by atoms with E-state index in [1.807, 2.05) is 29.6 Å². The van der Waals surface area contributed by atoms with Crippen molar-refractivity contribution in [3.8, 4) is 10.7 Å². The summed E-state index contributed by atoms with van der Waals surface area (Å²) < 4.78 is 0. The number of hydrogen-bond donors (Lipinski definition) is 1. The zero-order valence-electron chi connectivity index (χ0n) is 12.8. The Balaban J connectivity index is 1.70. The van der Waals surface area contributed by atoms with Crippen LogP contribution < -0.4 is 5.56 Å². The molecule has 4 aromatic rings. The molecule has 0 amide bonds. The van der Waals surface area contributed by atoms with Gasteiger partial charge in [0.05, 0.1) is 27.3 Å². The zero-order valence-corrected chi connectivity index (χ0v) is 14.4. The molecule has 0 aliphatic rings. The van der Waals surface area contributed by atoms with E-state index in [1.165, 1.54) is 11.3 Å². The fraction of sp³-hybridized carbons (Fsp3) is 0. The van der Waals surface area contributed by atoms with Crippen LogP contribution in [0.4, 0.5) is 0 Å². The number of para-hydroxylation sites is 1. The first-order valence-electron chi connectivity index (χ1n) is 7.44. The molecular weight excluding hydrogens is 356 g/mol. The van der Waals surface area contributed by atoms with E-state index in [9.17, 15) is 4.79 Å². The van der Waals surface area contributed by atoms with Gasteiger partial charge in [0.1, 0.15) is 5.01 Å². The summed E-state index contributed by atoms with van der Waals surface area (Å²) in [5, 5.41) is 3.53. The maximum atomic E-state index is 12.1. The van der Waals surface area contributed by atoms with Crippen molar-refractivity contribution in [3.05, 3.63) is 75.9 Å². The maximum absolute atomic E-state index is 12.1. The highest BCUT2D eigenvalue weighted by atomic mass is 35.5. The lowest BCUT2D eigenvalue weighted by Gasteiger charge is -2.01. The Bertz CT molecular complexity index is 1130. The van der Waals surface area contributed by atoms with Gasteiger partial charge < -0.3 is 4.98 Å². The van der Waals surface area contributed by atoms with Crippen LogP contribution in [0.5, 0.6) is 0 Å². The van der Waals surface area contributed by atoms with Gasteiger partial charge in [-0.05, 0) is 30.3 Å². The maximum Gasteiger partial charge on any atom is 0.259 e. The SMILES string of the molecule is O=c1[nH]c(/C(Cl)=C/c2csc(-c3ccccn3)n2)nc2ccccc12. The van der Waals surface area contributed by atoms with Crippen molar-refractivity contribution in [2.24, 2.45) is 0 Å². The van der Waals surface area contributed by atoms with Gasteiger partial charge in [0, 0.05) is 11.6 Å². The number of rotatable bonds is 3. The molecule has 122 valence electrons. The summed E-state index contributed by atoms with van der Waals surface area (Å²) in [6, 6.07) is 12.8. The van der Waals surface area contributed by atoms with Gasteiger partial charge in [0.25, 0.3) is 5.56 Å². The smallest absolute Gasteiger partial charge is 0.259 e. The Morgan fingerprint density at radius 2 is 1.96 bits per heavy atom. The minimum absolute atomic E-state index is 0.223. The molecule has 4 rings (SSSR count). The Morgan fingerprint density at radius 3 is 2.80 bits per heavy atom. The average Bonchev–Trinajstić information content (AvgIpc) is 3.11. The molecule has 3 heterocycles. The fourth-order valence-electron chi connectivity index (χ4n) is 2.36. The topological polar surface area (TPSA) is 71.5 Å². The van der Waals surface area contributed by atoms with Gasteiger partial charge in [-0.15, -0.1) is 11.3 Å². The summed E-state index contributed by atoms with van der Waals surface area (Å²) in [5.74, 6) is 0.317. The van der Waals surface area contributed by atoms with Crippen molar-refractivity contribution in [3.63, 3.8) is 0 Å². The number of aromatic amines is 1. The monoisotopic (exact) mass is 366 g/mol. The Labute approximate surface area is 151 Å². The lowest BCUT2D eigenvalue weighted by atomic mass is 10.2. The molecule has 0 bridgehead atoms. The highest BCUT2D eigenvalue weighted by Crippen LogP contribution is 2.25. The van der Waals surface area contributed by atoms with E-state index in [4.69, 9.17) is 11.6 Å². The molecule has 7 heteroatoms. The zero-order chi connectivity index (χ0) is 17.2. The number of H-pyrrole nitrogens is 1.